The largest absolute Gasteiger partial charge is 0.361 e. The molecule has 0 atom stereocenters. The van der Waals surface area contributed by atoms with E-state index in [9.17, 15) is 0 Å². The van der Waals surface area contributed by atoms with Crippen molar-refractivity contribution in [3.05, 3.63) is 23.0 Å². The number of piperazine rings is 1. The lowest BCUT2D eigenvalue weighted by atomic mass is 10.2. The van der Waals surface area contributed by atoms with E-state index in [2.05, 4.69) is 41.7 Å². The molecule has 0 aromatic carbocycles. The average molecular weight is 207 g/mol. The van der Waals surface area contributed by atoms with Crippen molar-refractivity contribution < 1.29 is 0 Å². The van der Waals surface area contributed by atoms with Crippen LogP contribution in [0.25, 0.3) is 0 Å². The molecule has 0 saturated carbocycles. The second kappa shape index (κ2) is 4.37. The number of aryl methyl sites for hydroxylation is 2. The molecule has 0 aliphatic carbocycles. The van der Waals surface area contributed by atoms with Crippen molar-refractivity contribution in [3.8, 4) is 0 Å². The highest BCUT2D eigenvalue weighted by Gasteiger charge is 2.14. The molecule has 3 nitrogen and oxygen atoms in total. The van der Waals surface area contributed by atoms with E-state index in [1.54, 1.807) is 0 Å². The van der Waals surface area contributed by atoms with Crippen molar-refractivity contribution in [2.75, 3.05) is 33.2 Å². The monoisotopic (exact) mass is 207 g/mol. The number of aromatic nitrogens is 1. The van der Waals surface area contributed by atoms with E-state index in [-0.39, 0.29) is 0 Å². The van der Waals surface area contributed by atoms with E-state index in [1.165, 1.54) is 43.1 Å². The van der Waals surface area contributed by atoms with Gasteiger partial charge in [-0.25, -0.2) is 0 Å². The summed E-state index contributed by atoms with van der Waals surface area (Å²) in [5.74, 6) is 0. The summed E-state index contributed by atoms with van der Waals surface area (Å²) in [5.41, 5.74) is 4.04. The number of aromatic amines is 1. The summed E-state index contributed by atoms with van der Waals surface area (Å²) in [5, 5.41) is 0. The molecule has 15 heavy (non-hydrogen) atoms. The molecule has 2 rings (SSSR count). The van der Waals surface area contributed by atoms with Gasteiger partial charge >= 0.3 is 0 Å². The van der Waals surface area contributed by atoms with Crippen LogP contribution in [0.2, 0.25) is 0 Å². The highest BCUT2D eigenvalue weighted by Crippen LogP contribution is 2.11. The minimum Gasteiger partial charge on any atom is -0.361 e. The van der Waals surface area contributed by atoms with Crippen LogP contribution in [0, 0.1) is 13.8 Å². The fraction of sp³-hybridized carbons (Fsp3) is 0.667. The fourth-order valence-electron chi connectivity index (χ4n) is 2.08. The van der Waals surface area contributed by atoms with Crippen molar-refractivity contribution in [1.29, 1.82) is 0 Å². The first-order valence-corrected chi connectivity index (χ1v) is 5.71. The fourth-order valence-corrected chi connectivity index (χ4v) is 2.08. The van der Waals surface area contributed by atoms with Gasteiger partial charge in [0.1, 0.15) is 0 Å². The van der Waals surface area contributed by atoms with Gasteiger partial charge in [-0.05, 0) is 32.5 Å². The minimum atomic E-state index is 1.07. The van der Waals surface area contributed by atoms with E-state index in [0.29, 0.717) is 0 Å². The zero-order chi connectivity index (χ0) is 10.8. The van der Waals surface area contributed by atoms with Crippen LogP contribution in [0.4, 0.5) is 0 Å². The van der Waals surface area contributed by atoms with Gasteiger partial charge in [-0.15, -0.1) is 0 Å². The highest BCUT2D eigenvalue weighted by molar-refractivity contribution is 5.23. The van der Waals surface area contributed by atoms with Crippen molar-refractivity contribution in [3.63, 3.8) is 0 Å². The lowest BCUT2D eigenvalue weighted by Gasteiger charge is -2.31. The molecule has 2 heterocycles. The second-order valence-electron chi connectivity index (χ2n) is 4.68. The number of rotatable bonds is 2. The maximum absolute atomic E-state index is 3.45. The van der Waals surface area contributed by atoms with E-state index in [0.717, 1.165) is 6.54 Å². The van der Waals surface area contributed by atoms with Crippen LogP contribution in [-0.2, 0) is 6.54 Å². The Morgan fingerprint density at radius 3 is 2.40 bits per heavy atom. The number of H-pyrrole nitrogens is 1. The smallest absolute Gasteiger partial charge is 0.0386 e. The van der Waals surface area contributed by atoms with Gasteiger partial charge < -0.3 is 9.88 Å². The molecule has 0 spiro atoms. The molecule has 1 saturated heterocycles. The Kier molecular flexibility index (Phi) is 3.12. The molecular formula is C12H21N3. The lowest BCUT2D eigenvalue weighted by Crippen LogP contribution is -2.43. The zero-order valence-corrected chi connectivity index (χ0v) is 10.0. The number of hydrogen-bond donors (Lipinski definition) is 1. The van der Waals surface area contributed by atoms with E-state index >= 15 is 0 Å². The van der Waals surface area contributed by atoms with E-state index in [1.807, 2.05) is 0 Å². The Morgan fingerprint density at radius 1 is 1.20 bits per heavy atom. The van der Waals surface area contributed by atoms with Gasteiger partial charge in [-0.2, -0.15) is 0 Å². The van der Waals surface area contributed by atoms with Crippen LogP contribution in [0.1, 0.15) is 17.0 Å². The number of hydrogen-bond acceptors (Lipinski definition) is 2. The Balaban J connectivity index is 1.91. The van der Waals surface area contributed by atoms with Gasteiger partial charge in [0.25, 0.3) is 0 Å². The Morgan fingerprint density at radius 2 is 1.87 bits per heavy atom. The quantitative estimate of drug-likeness (QED) is 0.791. The van der Waals surface area contributed by atoms with Crippen LogP contribution >= 0.6 is 0 Å². The summed E-state index contributed by atoms with van der Waals surface area (Å²) in [6.45, 7) is 10.1. The average Bonchev–Trinajstić information content (AvgIpc) is 2.50. The van der Waals surface area contributed by atoms with Crippen LogP contribution in [0.5, 0.6) is 0 Å². The Hall–Kier alpha value is -0.800. The van der Waals surface area contributed by atoms with Crippen LogP contribution in [-0.4, -0.2) is 48.0 Å². The third-order valence-corrected chi connectivity index (χ3v) is 3.32. The predicted octanol–water partition coefficient (Wildman–Crippen LogP) is 1.38. The molecule has 1 aliphatic heterocycles. The standard InChI is InChI=1S/C12H21N3/c1-10-8-12(13-11(10)2)9-15-6-4-14(3)5-7-15/h8,13H,4-7,9H2,1-3H3. The number of nitrogens with one attached hydrogen (secondary N) is 1. The molecule has 3 heteroatoms. The Labute approximate surface area is 92.1 Å². The molecule has 0 unspecified atom stereocenters. The lowest BCUT2D eigenvalue weighted by molar-refractivity contribution is 0.147. The van der Waals surface area contributed by atoms with Crippen molar-refractivity contribution in [2.45, 2.75) is 20.4 Å². The van der Waals surface area contributed by atoms with Gasteiger partial charge in [-0.3, -0.25) is 4.90 Å². The van der Waals surface area contributed by atoms with E-state index in [4.69, 9.17) is 0 Å². The molecule has 1 aromatic rings. The third kappa shape index (κ3) is 2.61. The maximum Gasteiger partial charge on any atom is 0.0386 e. The molecule has 0 amide bonds. The normalized spacial score (nSPS) is 19.7. The first-order chi connectivity index (χ1) is 7.15. The molecule has 1 fully saturated rings. The molecule has 0 bridgehead atoms. The van der Waals surface area contributed by atoms with Crippen LogP contribution in [0.15, 0.2) is 6.07 Å². The highest BCUT2D eigenvalue weighted by atomic mass is 15.2. The summed E-state index contributed by atoms with van der Waals surface area (Å²) >= 11 is 0. The van der Waals surface area contributed by atoms with Crippen LogP contribution < -0.4 is 0 Å². The van der Waals surface area contributed by atoms with Crippen LogP contribution in [0.3, 0.4) is 0 Å². The first-order valence-electron chi connectivity index (χ1n) is 5.71. The summed E-state index contributed by atoms with van der Waals surface area (Å²) in [4.78, 5) is 8.36. The molecular weight excluding hydrogens is 186 g/mol. The van der Waals surface area contributed by atoms with Crippen molar-refractivity contribution >= 4 is 0 Å². The van der Waals surface area contributed by atoms with Crippen molar-refractivity contribution in [2.24, 2.45) is 0 Å². The summed E-state index contributed by atoms with van der Waals surface area (Å²) in [6.07, 6.45) is 0. The molecule has 84 valence electrons. The van der Waals surface area contributed by atoms with Gasteiger partial charge in [-0.1, -0.05) is 0 Å². The molecule has 1 N–H and O–H groups in total. The number of likely N-dealkylation sites (N-methyl/N-ethyl adjacent to an activating group) is 1. The summed E-state index contributed by atoms with van der Waals surface area (Å²) in [6, 6.07) is 2.27. The maximum atomic E-state index is 3.45. The second-order valence-corrected chi connectivity index (χ2v) is 4.68. The zero-order valence-electron chi connectivity index (χ0n) is 10.0. The van der Waals surface area contributed by atoms with Gasteiger partial charge in [0, 0.05) is 44.1 Å². The predicted molar refractivity (Wildman–Crippen MR) is 63.0 cm³/mol. The Bertz CT molecular complexity index is 302. The molecule has 0 radical (unpaired) electrons. The number of nitrogens with zero attached hydrogens (tertiary/aromatic N) is 2. The topological polar surface area (TPSA) is 22.3 Å². The molecule has 1 aromatic heterocycles. The summed E-state index contributed by atoms with van der Waals surface area (Å²) in [7, 11) is 2.19. The van der Waals surface area contributed by atoms with Gasteiger partial charge in [0.05, 0.1) is 0 Å². The SMILES string of the molecule is Cc1cc(CN2CCN(C)CC2)[nH]c1C. The third-order valence-electron chi connectivity index (χ3n) is 3.32. The van der Waals surface area contributed by atoms with Gasteiger partial charge in [0.2, 0.25) is 0 Å². The molecule has 1 aliphatic rings. The van der Waals surface area contributed by atoms with Crippen molar-refractivity contribution in [1.82, 2.24) is 14.8 Å². The van der Waals surface area contributed by atoms with Gasteiger partial charge in [0.15, 0.2) is 0 Å². The first kappa shape index (κ1) is 10.7. The van der Waals surface area contributed by atoms with E-state index < -0.39 is 0 Å². The summed E-state index contributed by atoms with van der Waals surface area (Å²) < 4.78 is 0. The minimum absolute atomic E-state index is 1.07.